The van der Waals surface area contributed by atoms with Crippen LogP contribution >= 0.6 is 0 Å². The van der Waals surface area contributed by atoms with Gasteiger partial charge >= 0.3 is 11.9 Å². The summed E-state index contributed by atoms with van der Waals surface area (Å²) in [5.74, 6) is -11.0. The van der Waals surface area contributed by atoms with E-state index in [1.807, 2.05) is 5.32 Å². The van der Waals surface area contributed by atoms with Crippen molar-refractivity contribution >= 4 is 59.2 Å². The third-order valence-corrected chi connectivity index (χ3v) is 9.40. The number of aliphatic hydroxyl groups is 4. The minimum absolute atomic E-state index is 0.00733. The summed E-state index contributed by atoms with van der Waals surface area (Å²) >= 11 is 0. The van der Waals surface area contributed by atoms with E-state index in [9.17, 15) is 68.7 Å². The molecule has 1 fully saturated rings. The van der Waals surface area contributed by atoms with Crippen molar-refractivity contribution in [3.8, 4) is 0 Å². The number of carboxylic acids is 2. The number of carboxylic acid groups (broad SMARTS) is 2. The Labute approximate surface area is 365 Å². The molecule has 1 aliphatic heterocycles. The van der Waals surface area contributed by atoms with Gasteiger partial charge < -0.3 is 89.8 Å². The minimum Gasteiger partial charge on any atom is -0.481 e. The second kappa shape index (κ2) is 26.2. The number of carbonyl (C=O) groups is 9. The van der Waals surface area contributed by atoms with Crippen molar-refractivity contribution in [3.63, 3.8) is 0 Å². The van der Waals surface area contributed by atoms with Crippen molar-refractivity contribution in [1.82, 2.24) is 37.2 Å². The molecule has 0 spiro atoms. The SMILES string of the molecule is CC(=O)N[C@@H]1[C@@H](O)[C@H](O)[C@@H](CO)O[C@H]1NC(=O)C[C@H](NC(=O)[C@H](CCCN=C(N)N)NC(=O)[C@@H](N)Cc1ccccc1)C(=O)N[C@@H](C)C(=O)N[C@@H](CO)C(=O)N[C@@H](CC(=O)O)C(=O)O. The first-order valence-electron chi connectivity index (χ1n) is 19.7. The standard InChI is InChI=1S/C37H57N11O16/c1-16(30(57)47-23(14-49)34(61)46-22(36(62)63)13-26(53)54)42-33(60)21(12-25(52)48-35-27(43-17(2)51)29(56)28(55)24(15-50)64-35)45-32(59)20(9-6-10-41-37(39)40)44-31(58)19(38)11-18-7-4-3-5-8-18/h3-5,7-8,16,19-24,27-29,35,49-50,55-56H,6,9-15,38H2,1-2H3,(H,42,60)(H,43,51)(H,44,58)(H,45,59)(H,46,61)(H,47,57)(H,48,52)(H,53,54)(H,62,63)(H4,39,40,41)/t16-,19-,20-,21-,22-,23-,24+,27+,28+,29+,35+/m0/s1. The molecule has 1 heterocycles. The van der Waals surface area contributed by atoms with E-state index < -0.39 is 146 Å². The average Bonchev–Trinajstić information content (AvgIpc) is 3.22. The molecule has 64 heavy (non-hydrogen) atoms. The molecular formula is C37H57N11O16. The molecule has 1 aromatic rings. The van der Waals surface area contributed by atoms with Crippen LogP contribution in [0.2, 0.25) is 0 Å². The van der Waals surface area contributed by atoms with Crippen molar-refractivity contribution in [3.05, 3.63) is 35.9 Å². The number of nitrogens with zero attached hydrogens (tertiary/aromatic N) is 1. The predicted molar refractivity (Wildman–Crippen MR) is 218 cm³/mol. The number of rotatable bonds is 25. The number of hydrogen-bond donors (Lipinski definition) is 16. The maximum Gasteiger partial charge on any atom is 0.326 e. The molecule has 356 valence electrons. The fraction of sp³-hybridized carbons (Fsp3) is 0.568. The van der Waals surface area contributed by atoms with Crippen LogP contribution in [0.15, 0.2) is 35.3 Å². The van der Waals surface area contributed by atoms with Crippen LogP contribution in [0.4, 0.5) is 0 Å². The van der Waals surface area contributed by atoms with Crippen molar-refractivity contribution in [2.75, 3.05) is 19.8 Å². The highest BCUT2D eigenvalue weighted by atomic mass is 16.5. The van der Waals surface area contributed by atoms with Crippen molar-refractivity contribution in [2.24, 2.45) is 22.2 Å². The smallest absolute Gasteiger partial charge is 0.326 e. The molecule has 0 aromatic heterocycles. The molecule has 0 unspecified atom stereocenters. The average molecular weight is 912 g/mol. The number of amides is 7. The van der Waals surface area contributed by atoms with Gasteiger partial charge in [-0.05, 0) is 31.7 Å². The Morgan fingerprint density at radius 3 is 1.89 bits per heavy atom. The summed E-state index contributed by atoms with van der Waals surface area (Å²) in [7, 11) is 0. The minimum atomic E-state index is -1.95. The second-order valence-corrected chi connectivity index (χ2v) is 14.6. The lowest BCUT2D eigenvalue weighted by Gasteiger charge is -2.42. The summed E-state index contributed by atoms with van der Waals surface area (Å²) in [6, 6.07) is -2.82. The molecule has 0 saturated carbocycles. The Bertz CT molecular complexity index is 1840. The van der Waals surface area contributed by atoms with Gasteiger partial charge in [-0.1, -0.05) is 30.3 Å². The summed E-state index contributed by atoms with van der Waals surface area (Å²) in [5.41, 5.74) is 17.7. The number of aliphatic hydroxyl groups excluding tert-OH is 4. The van der Waals surface area contributed by atoms with E-state index in [4.69, 9.17) is 27.0 Å². The lowest BCUT2D eigenvalue weighted by molar-refractivity contribution is -0.203. The van der Waals surface area contributed by atoms with Gasteiger partial charge in [0.15, 0.2) is 12.2 Å². The maximum atomic E-state index is 13.9. The van der Waals surface area contributed by atoms with Crippen LogP contribution in [0.5, 0.6) is 0 Å². The monoisotopic (exact) mass is 911 g/mol. The Kier molecular flexibility index (Phi) is 21.9. The lowest BCUT2D eigenvalue weighted by atomic mass is 9.95. The lowest BCUT2D eigenvalue weighted by Crippen LogP contribution is -2.68. The molecule has 0 radical (unpaired) electrons. The maximum absolute atomic E-state index is 13.9. The Morgan fingerprint density at radius 1 is 0.750 bits per heavy atom. The normalized spacial score (nSPS) is 20.8. The van der Waals surface area contributed by atoms with Crippen molar-refractivity contribution in [1.29, 1.82) is 0 Å². The van der Waals surface area contributed by atoms with E-state index in [0.717, 1.165) is 13.8 Å². The highest BCUT2D eigenvalue weighted by molar-refractivity contribution is 5.98. The molecule has 0 bridgehead atoms. The van der Waals surface area contributed by atoms with E-state index in [1.165, 1.54) is 0 Å². The second-order valence-electron chi connectivity index (χ2n) is 14.6. The van der Waals surface area contributed by atoms with E-state index in [-0.39, 0.29) is 31.8 Å². The van der Waals surface area contributed by atoms with E-state index >= 15 is 0 Å². The highest BCUT2D eigenvalue weighted by Gasteiger charge is 2.45. The van der Waals surface area contributed by atoms with Crippen molar-refractivity contribution < 1.29 is 78.5 Å². The number of carbonyl (C=O) groups excluding carboxylic acids is 7. The molecule has 11 atom stereocenters. The zero-order valence-electron chi connectivity index (χ0n) is 34.8. The number of nitrogens with two attached hydrogens (primary N) is 3. The van der Waals surface area contributed by atoms with Gasteiger partial charge in [0.1, 0.15) is 54.6 Å². The van der Waals surface area contributed by atoms with Crippen LogP contribution in [0.3, 0.4) is 0 Å². The zero-order valence-corrected chi connectivity index (χ0v) is 34.8. The van der Waals surface area contributed by atoms with Gasteiger partial charge in [0.2, 0.25) is 41.4 Å². The first-order valence-corrected chi connectivity index (χ1v) is 19.7. The first-order chi connectivity index (χ1) is 30.1. The van der Waals surface area contributed by atoms with Crippen LogP contribution in [0.1, 0.15) is 45.1 Å². The summed E-state index contributed by atoms with van der Waals surface area (Å²) < 4.78 is 5.51. The quantitative estimate of drug-likeness (QED) is 0.0246. The van der Waals surface area contributed by atoms with Gasteiger partial charge in [0, 0.05) is 13.5 Å². The number of ether oxygens (including phenoxy) is 1. The van der Waals surface area contributed by atoms with Crippen LogP contribution in [0, 0.1) is 0 Å². The van der Waals surface area contributed by atoms with E-state index in [1.54, 1.807) is 30.3 Å². The van der Waals surface area contributed by atoms with Crippen LogP contribution in [-0.4, -0.2) is 176 Å². The number of aliphatic carboxylic acids is 2. The molecule has 19 N–H and O–H groups in total. The Morgan fingerprint density at radius 2 is 1.33 bits per heavy atom. The zero-order chi connectivity index (χ0) is 48.3. The van der Waals surface area contributed by atoms with Crippen LogP contribution in [0.25, 0.3) is 0 Å². The van der Waals surface area contributed by atoms with Crippen molar-refractivity contribution in [2.45, 2.75) is 113 Å². The third-order valence-electron chi connectivity index (χ3n) is 9.40. The molecular weight excluding hydrogens is 854 g/mol. The first kappa shape index (κ1) is 53.6. The van der Waals surface area contributed by atoms with Gasteiger partial charge in [-0.3, -0.25) is 43.3 Å². The molecule has 1 saturated heterocycles. The molecule has 7 amide bonds. The Hall–Kier alpha value is -6.52. The van der Waals surface area contributed by atoms with Gasteiger partial charge in [-0.2, -0.15) is 0 Å². The fourth-order valence-electron chi connectivity index (χ4n) is 6.05. The number of benzene rings is 1. The number of hydrogen-bond acceptors (Lipinski definition) is 16. The largest absolute Gasteiger partial charge is 0.481 e. The Balaban J connectivity index is 2.42. The molecule has 27 heteroatoms. The number of guanidine groups is 1. The molecule has 1 aromatic carbocycles. The summed E-state index contributed by atoms with van der Waals surface area (Å²) in [6.45, 7) is 0.177. The fourth-order valence-corrected chi connectivity index (χ4v) is 6.05. The van der Waals surface area contributed by atoms with E-state index in [2.05, 4.69) is 36.9 Å². The number of nitrogens with one attached hydrogen (secondary N) is 7. The van der Waals surface area contributed by atoms with Gasteiger partial charge in [-0.25, -0.2) is 4.79 Å². The predicted octanol–water partition coefficient (Wildman–Crippen LogP) is -7.94. The molecule has 1 aliphatic rings. The molecule has 0 aliphatic carbocycles. The van der Waals surface area contributed by atoms with Crippen LogP contribution < -0.4 is 54.4 Å². The van der Waals surface area contributed by atoms with E-state index in [0.29, 0.717) is 5.56 Å². The molecule has 27 nitrogen and oxygen atoms in total. The number of aliphatic imine (C=N–C) groups is 1. The highest BCUT2D eigenvalue weighted by Crippen LogP contribution is 2.20. The summed E-state index contributed by atoms with van der Waals surface area (Å²) in [4.78, 5) is 119. The topological polar surface area (TPSA) is 459 Å². The van der Waals surface area contributed by atoms with Crippen LogP contribution in [-0.2, 0) is 54.3 Å². The molecule has 2 rings (SSSR count). The van der Waals surface area contributed by atoms with Gasteiger partial charge in [0.25, 0.3) is 0 Å². The van der Waals surface area contributed by atoms with Gasteiger partial charge in [-0.15, -0.1) is 0 Å². The third kappa shape index (κ3) is 17.7. The van der Waals surface area contributed by atoms with Gasteiger partial charge in [0.05, 0.1) is 32.1 Å². The summed E-state index contributed by atoms with van der Waals surface area (Å²) in [5, 5.41) is 74.3. The summed E-state index contributed by atoms with van der Waals surface area (Å²) in [6.07, 6.45) is -8.63.